The summed E-state index contributed by atoms with van der Waals surface area (Å²) in [4.78, 5) is 27.4. The molecule has 3 aliphatic rings. The Morgan fingerprint density at radius 3 is 2.65 bits per heavy atom. The van der Waals surface area contributed by atoms with Crippen molar-refractivity contribution in [2.75, 3.05) is 19.9 Å². The predicted molar refractivity (Wildman–Crippen MR) is 107 cm³/mol. The molecule has 6 atom stereocenters. The van der Waals surface area contributed by atoms with Gasteiger partial charge in [0.25, 0.3) is 5.91 Å². The van der Waals surface area contributed by atoms with E-state index in [2.05, 4.69) is 11.7 Å². The third-order valence-corrected chi connectivity index (χ3v) is 7.14. The number of imide groups is 1. The molecule has 2 fully saturated rings. The highest BCUT2D eigenvalue weighted by Crippen LogP contribution is 2.57. The van der Waals surface area contributed by atoms with Crippen LogP contribution in [0.15, 0.2) is 35.5 Å². The van der Waals surface area contributed by atoms with E-state index in [1.807, 2.05) is 5.32 Å². The van der Waals surface area contributed by atoms with Crippen LogP contribution < -0.4 is 5.32 Å². The van der Waals surface area contributed by atoms with Gasteiger partial charge in [0.2, 0.25) is 18.7 Å². The molecule has 0 bridgehead atoms. The Kier molecular flexibility index (Phi) is 6.52. The number of nitrogens with zero attached hydrogens (tertiary/aromatic N) is 2. The molecular formula is C19H21F2N3O9P+. The summed E-state index contributed by atoms with van der Waals surface area (Å²) in [5.41, 5.74) is -2.02. The maximum atomic E-state index is 13.6. The van der Waals surface area contributed by atoms with Gasteiger partial charge < -0.3 is 10.2 Å². The van der Waals surface area contributed by atoms with E-state index < -0.39 is 73.4 Å². The van der Waals surface area contributed by atoms with Crippen molar-refractivity contribution in [2.45, 2.75) is 30.6 Å². The monoisotopic (exact) mass is 504 g/mol. The van der Waals surface area contributed by atoms with Crippen molar-refractivity contribution in [3.8, 4) is 0 Å². The summed E-state index contributed by atoms with van der Waals surface area (Å²) in [5.74, 6) is -2.41. The molecule has 0 aromatic heterocycles. The van der Waals surface area contributed by atoms with Gasteiger partial charge in [-0.2, -0.15) is 4.48 Å². The normalized spacial score (nSPS) is 38.1. The zero-order valence-electron chi connectivity index (χ0n) is 17.5. The summed E-state index contributed by atoms with van der Waals surface area (Å²) in [6.45, 7) is 1.79. The minimum Gasteiger partial charge on any atom is -0.380 e. The number of aliphatic hydroxyl groups excluding tert-OH is 2. The molecule has 4 rings (SSSR count). The predicted octanol–water partition coefficient (Wildman–Crippen LogP) is 1.21. The number of carbonyl (C=O) groups is 2. The van der Waals surface area contributed by atoms with Crippen molar-refractivity contribution in [2.24, 2.45) is 4.99 Å². The summed E-state index contributed by atoms with van der Waals surface area (Å²) in [6.07, 6.45) is -2.66. The van der Waals surface area contributed by atoms with Crippen molar-refractivity contribution < 1.29 is 55.9 Å². The third kappa shape index (κ3) is 4.34. The summed E-state index contributed by atoms with van der Waals surface area (Å²) in [6, 6.07) is 1.76. The SMILES string of the molecule is C=N[C@]1(COP2(=O)OCC[C@@H](c3cc(F)cc(F)c3)O2)OC[N+]2(C=CC(=O)NC2=O)C(O)[C@@H]1O. The average molecular weight is 504 g/mol. The number of amides is 3. The number of halogens is 2. The number of hydrogen-bond donors (Lipinski definition) is 3. The minimum absolute atomic E-state index is 0.0782. The van der Waals surface area contributed by atoms with Gasteiger partial charge in [0, 0.05) is 12.5 Å². The fourth-order valence-electron chi connectivity index (χ4n) is 3.74. The molecule has 0 aliphatic carbocycles. The standard InChI is InChI=1S/C19H20F2N3O9P/c1-22-19(16(26)17(27)24(10-30-19)4-2-15(25)23-18(24)28)9-32-34(29)31-5-3-14(33-34)11-6-12(20)8-13(21)7-11/h2,4,6-8,14,16-17,26-27H,1,3,5,9-10H2/p+1/t14-,16-,17?,19+,24?,34?/m0/s1. The zero-order chi connectivity index (χ0) is 24.7. The number of phosphoric acid groups is 1. The Bertz CT molecular complexity index is 1080. The molecule has 1 aromatic carbocycles. The van der Waals surface area contributed by atoms with Crippen LogP contribution in [0.5, 0.6) is 0 Å². The Labute approximate surface area is 191 Å². The first-order chi connectivity index (χ1) is 16.0. The van der Waals surface area contributed by atoms with Gasteiger partial charge in [-0.15, -0.1) is 0 Å². The van der Waals surface area contributed by atoms with E-state index in [4.69, 9.17) is 18.3 Å². The van der Waals surface area contributed by atoms with Crippen LogP contribution in [0.25, 0.3) is 0 Å². The van der Waals surface area contributed by atoms with Crippen molar-refractivity contribution in [3.63, 3.8) is 0 Å². The largest absolute Gasteiger partial charge is 0.475 e. The number of hydrogen-bond acceptors (Lipinski definition) is 10. The van der Waals surface area contributed by atoms with Crippen LogP contribution in [-0.4, -0.2) is 71.4 Å². The van der Waals surface area contributed by atoms with Crippen LogP contribution >= 0.6 is 7.82 Å². The second-order valence-electron chi connectivity index (χ2n) is 7.81. The molecule has 3 heterocycles. The van der Waals surface area contributed by atoms with E-state index in [1.165, 1.54) is 0 Å². The maximum absolute atomic E-state index is 13.6. The molecular weight excluding hydrogens is 483 g/mol. The Morgan fingerprint density at radius 1 is 1.29 bits per heavy atom. The van der Waals surface area contributed by atoms with Gasteiger partial charge in [-0.1, -0.05) is 0 Å². The van der Waals surface area contributed by atoms with Crippen LogP contribution in [-0.2, 0) is 27.7 Å². The number of benzene rings is 1. The number of carbonyl (C=O) groups excluding carboxylic acids is 2. The van der Waals surface area contributed by atoms with E-state index in [0.29, 0.717) is 6.07 Å². The number of rotatable bonds is 5. The molecule has 0 saturated carbocycles. The van der Waals surface area contributed by atoms with Crippen molar-refractivity contribution in [3.05, 3.63) is 47.7 Å². The second kappa shape index (κ2) is 8.98. The quantitative estimate of drug-likeness (QED) is 0.305. The summed E-state index contributed by atoms with van der Waals surface area (Å²) < 4.78 is 60.4. The fourth-order valence-corrected chi connectivity index (χ4v) is 5.15. The first-order valence-electron chi connectivity index (χ1n) is 9.96. The van der Waals surface area contributed by atoms with Gasteiger partial charge in [0.05, 0.1) is 18.8 Å². The van der Waals surface area contributed by atoms with Gasteiger partial charge >= 0.3 is 13.9 Å². The lowest BCUT2D eigenvalue weighted by molar-refractivity contribution is -0.892. The van der Waals surface area contributed by atoms with Gasteiger partial charge in [-0.05, 0) is 24.4 Å². The average Bonchev–Trinajstić information content (AvgIpc) is 2.79. The molecule has 184 valence electrons. The lowest BCUT2D eigenvalue weighted by Gasteiger charge is -2.48. The van der Waals surface area contributed by atoms with Gasteiger partial charge in [0.15, 0.2) is 6.10 Å². The summed E-state index contributed by atoms with van der Waals surface area (Å²) >= 11 is 0. The minimum atomic E-state index is -4.34. The molecule has 3 N–H and O–H groups in total. The molecule has 12 nitrogen and oxygen atoms in total. The number of phosphoric ester groups is 1. The number of aliphatic imine (C=N–C) groups is 1. The molecule has 15 heteroatoms. The number of urea groups is 1. The molecule has 34 heavy (non-hydrogen) atoms. The van der Waals surface area contributed by atoms with Crippen LogP contribution in [0.2, 0.25) is 0 Å². The van der Waals surface area contributed by atoms with Gasteiger partial charge in [-0.25, -0.2) is 23.5 Å². The molecule has 3 amide bonds. The highest BCUT2D eigenvalue weighted by molar-refractivity contribution is 7.48. The second-order valence-corrected chi connectivity index (χ2v) is 9.44. The molecule has 2 saturated heterocycles. The fraction of sp³-hybridized carbons (Fsp3) is 0.421. The van der Waals surface area contributed by atoms with Crippen LogP contribution in [0.4, 0.5) is 13.6 Å². The Morgan fingerprint density at radius 2 is 2.00 bits per heavy atom. The molecule has 0 radical (unpaired) electrons. The zero-order valence-corrected chi connectivity index (χ0v) is 18.4. The maximum Gasteiger partial charge on any atom is 0.475 e. The smallest absolute Gasteiger partial charge is 0.380 e. The first-order valence-corrected chi connectivity index (χ1v) is 11.4. The van der Waals surface area contributed by atoms with Crippen molar-refractivity contribution in [1.29, 1.82) is 0 Å². The molecule has 1 aromatic rings. The highest BCUT2D eigenvalue weighted by atomic mass is 31.2. The Balaban J connectivity index is 1.50. The van der Waals surface area contributed by atoms with E-state index in [9.17, 15) is 33.1 Å². The van der Waals surface area contributed by atoms with Crippen LogP contribution in [0, 0.1) is 11.6 Å². The van der Waals surface area contributed by atoms with Crippen LogP contribution in [0.3, 0.4) is 0 Å². The van der Waals surface area contributed by atoms with E-state index in [1.54, 1.807) is 0 Å². The van der Waals surface area contributed by atoms with E-state index >= 15 is 0 Å². The van der Waals surface area contributed by atoms with E-state index in [0.717, 1.165) is 24.4 Å². The number of aliphatic hydroxyl groups is 2. The molecule has 3 unspecified atom stereocenters. The van der Waals surface area contributed by atoms with Gasteiger partial charge in [-0.3, -0.25) is 28.1 Å². The summed E-state index contributed by atoms with van der Waals surface area (Å²) in [5, 5.41) is 23.4. The highest BCUT2D eigenvalue weighted by Gasteiger charge is 2.61. The lowest BCUT2D eigenvalue weighted by atomic mass is 10.0. The van der Waals surface area contributed by atoms with Crippen molar-refractivity contribution >= 4 is 26.5 Å². The third-order valence-electron chi connectivity index (χ3n) is 5.68. The molecule has 1 spiro atoms. The number of ether oxygens (including phenoxy) is 1. The molecule has 3 aliphatic heterocycles. The van der Waals surface area contributed by atoms with Crippen LogP contribution in [0.1, 0.15) is 18.1 Å². The Hall–Kier alpha value is -2.42. The van der Waals surface area contributed by atoms with Gasteiger partial charge in [0.1, 0.15) is 24.4 Å². The topological polar surface area (TPSA) is 153 Å². The number of quaternary nitrogens is 1. The summed E-state index contributed by atoms with van der Waals surface area (Å²) in [7, 11) is -4.34. The van der Waals surface area contributed by atoms with E-state index in [-0.39, 0.29) is 18.6 Å². The first kappa shape index (κ1) is 24.7. The van der Waals surface area contributed by atoms with Crippen molar-refractivity contribution in [1.82, 2.24) is 5.32 Å². The lowest BCUT2D eigenvalue weighted by Crippen LogP contribution is -2.74. The number of nitrogens with one attached hydrogen (secondary N) is 1.